The summed E-state index contributed by atoms with van der Waals surface area (Å²) >= 11 is 0. The Bertz CT molecular complexity index is 279. The van der Waals surface area contributed by atoms with Gasteiger partial charge in [-0.05, 0) is 45.8 Å². The molecule has 0 spiro atoms. The number of Topliss-reactive ketones (excluding diaryl/α,β-unsaturated/α-hetero) is 1. The number of nitrogens with two attached hydrogens (primary N) is 2. The normalized spacial score (nSPS) is 17.6. The standard InChI is InChI=1S/C13H26N4O/c1-17-9-6-11(7-10-17)12(18)5-3-2-4-8-16-13(14)15/h11H,2-10H2,1H3,(H4,14,15,16). The summed E-state index contributed by atoms with van der Waals surface area (Å²) in [6, 6.07) is 0. The summed E-state index contributed by atoms with van der Waals surface area (Å²) in [7, 11) is 2.12. The van der Waals surface area contributed by atoms with Crippen LogP contribution in [0.15, 0.2) is 4.99 Å². The molecule has 1 rings (SSSR count). The molecular weight excluding hydrogens is 228 g/mol. The molecule has 1 saturated heterocycles. The third-order valence-corrected chi connectivity index (χ3v) is 3.55. The topological polar surface area (TPSA) is 84.7 Å². The van der Waals surface area contributed by atoms with Gasteiger partial charge in [0.15, 0.2) is 5.96 Å². The predicted molar refractivity (Wildman–Crippen MR) is 74.4 cm³/mol. The third kappa shape index (κ3) is 6.00. The smallest absolute Gasteiger partial charge is 0.185 e. The molecular formula is C13H26N4O. The highest BCUT2D eigenvalue weighted by Gasteiger charge is 2.22. The summed E-state index contributed by atoms with van der Waals surface area (Å²) in [5.74, 6) is 0.904. The van der Waals surface area contributed by atoms with Crippen LogP contribution in [0.2, 0.25) is 0 Å². The molecule has 1 heterocycles. The van der Waals surface area contributed by atoms with E-state index in [9.17, 15) is 4.79 Å². The van der Waals surface area contributed by atoms with Crippen molar-refractivity contribution >= 4 is 11.7 Å². The largest absolute Gasteiger partial charge is 0.370 e. The fourth-order valence-corrected chi connectivity index (χ4v) is 2.33. The van der Waals surface area contributed by atoms with Gasteiger partial charge in [-0.2, -0.15) is 0 Å². The lowest BCUT2D eigenvalue weighted by Gasteiger charge is -2.27. The molecule has 5 heteroatoms. The molecule has 0 aliphatic carbocycles. The number of aliphatic imine (C=N–C) groups is 1. The Kier molecular flexibility index (Phi) is 6.72. The van der Waals surface area contributed by atoms with Crippen molar-refractivity contribution in [3.05, 3.63) is 0 Å². The molecule has 0 amide bonds. The van der Waals surface area contributed by atoms with Gasteiger partial charge in [-0.3, -0.25) is 9.79 Å². The van der Waals surface area contributed by atoms with Crippen molar-refractivity contribution in [2.45, 2.75) is 38.5 Å². The molecule has 0 radical (unpaired) electrons. The Labute approximate surface area is 110 Å². The van der Waals surface area contributed by atoms with Crippen molar-refractivity contribution in [1.82, 2.24) is 4.90 Å². The van der Waals surface area contributed by atoms with Gasteiger partial charge in [0.1, 0.15) is 5.78 Å². The van der Waals surface area contributed by atoms with Crippen LogP contribution in [0.25, 0.3) is 0 Å². The highest BCUT2D eigenvalue weighted by molar-refractivity contribution is 5.81. The van der Waals surface area contributed by atoms with E-state index in [2.05, 4.69) is 16.9 Å². The summed E-state index contributed by atoms with van der Waals surface area (Å²) in [5.41, 5.74) is 10.5. The van der Waals surface area contributed by atoms with E-state index in [0.29, 0.717) is 18.2 Å². The third-order valence-electron chi connectivity index (χ3n) is 3.55. The highest BCUT2D eigenvalue weighted by atomic mass is 16.1. The van der Waals surface area contributed by atoms with Gasteiger partial charge in [0.2, 0.25) is 0 Å². The zero-order chi connectivity index (χ0) is 13.4. The van der Waals surface area contributed by atoms with Gasteiger partial charge >= 0.3 is 0 Å². The van der Waals surface area contributed by atoms with Gasteiger partial charge in [-0.25, -0.2) is 0 Å². The quantitative estimate of drug-likeness (QED) is 0.398. The van der Waals surface area contributed by atoms with Crippen LogP contribution in [0.5, 0.6) is 0 Å². The molecule has 0 unspecified atom stereocenters. The number of rotatable bonds is 7. The van der Waals surface area contributed by atoms with Crippen molar-refractivity contribution in [3.8, 4) is 0 Å². The van der Waals surface area contributed by atoms with Crippen LogP contribution >= 0.6 is 0 Å². The number of guanidine groups is 1. The van der Waals surface area contributed by atoms with Crippen LogP contribution in [0, 0.1) is 5.92 Å². The van der Waals surface area contributed by atoms with Crippen molar-refractivity contribution in [2.24, 2.45) is 22.4 Å². The highest BCUT2D eigenvalue weighted by Crippen LogP contribution is 2.19. The predicted octanol–water partition coefficient (Wildman–Crippen LogP) is 0.731. The van der Waals surface area contributed by atoms with E-state index in [0.717, 1.165) is 51.6 Å². The minimum atomic E-state index is 0.150. The lowest BCUT2D eigenvalue weighted by atomic mass is 9.90. The molecule has 0 saturated carbocycles. The van der Waals surface area contributed by atoms with E-state index in [1.165, 1.54) is 0 Å². The summed E-state index contributed by atoms with van der Waals surface area (Å²) in [5, 5.41) is 0. The van der Waals surface area contributed by atoms with E-state index in [1.807, 2.05) is 0 Å². The fourth-order valence-electron chi connectivity index (χ4n) is 2.33. The average molecular weight is 254 g/mol. The van der Waals surface area contributed by atoms with Crippen LogP contribution in [-0.2, 0) is 4.79 Å². The van der Waals surface area contributed by atoms with Gasteiger partial charge in [0.25, 0.3) is 0 Å². The number of nitrogens with zero attached hydrogens (tertiary/aromatic N) is 2. The zero-order valence-electron chi connectivity index (χ0n) is 11.4. The summed E-state index contributed by atoms with van der Waals surface area (Å²) in [6.07, 6.45) is 5.72. The molecule has 18 heavy (non-hydrogen) atoms. The summed E-state index contributed by atoms with van der Waals surface area (Å²) in [6.45, 7) is 2.78. The van der Waals surface area contributed by atoms with Crippen molar-refractivity contribution in [3.63, 3.8) is 0 Å². The second kappa shape index (κ2) is 8.08. The Hall–Kier alpha value is -1.10. The fraction of sp³-hybridized carbons (Fsp3) is 0.846. The Morgan fingerprint density at radius 2 is 1.89 bits per heavy atom. The monoisotopic (exact) mass is 254 g/mol. The number of carbonyl (C=O) groups is 1. The summed E-state index contributed by atoms with van der Waals surface area (Å²) in [4.78, 5) is 18.2. The van der Waals surface area contributed by atoms with Crippen LogP contribution in [0.3, 0.4) is 0 Å². The first kappa shape index (κ1) is 15.0. The molecule has 0 bridgehead atoms. The molecule has 0 atom stereocenters. The SMILES string of the molecule is CN1CCC(C(=O)CCCCCN=C(N)N)CC1. The minimum absolute atomic E-state index is 0.150. The number of likely N-dealkylation sites (tertiary alicyclic amines) is 1. The average Bonchev–Trinajstić information content (AvgIpc) is 2.34. The second-order valence-electron chi connectivity index (χ2n) is 5.16. The lowest BCUT2D eigenvalue weighted by Crippen LogP contribution is -2.33. The number of piperidine rings is 1. The Balaban J connectivity index is 2.05. The van der Waals surface area contributed by atoms with Crippen molar-refractivity contribution in [1.29, 1.82) is 0 Å². The van der Waals surface area contributed by atoms with Gasteiger partial charge in [-0.15, -0.1) is 0 Å². The van der Waals surface area contributed by atoms with Gasteiger partial charge in [0.05, 0.1) is 0 Å². The molecule has 0 aromatic carbocycles. The minimum Gasteiger partial charge on any atom is -0.370 e. The lowest BCUT2D eigenvalue weighted by molar-refractivity contribution is -0.124. The van der Waals surface area contributed by atoms with E-state index in [1.54, 1.807) is 0 Å². The molecule has 1 fully saturated rings. The number of ketones is 1. The van der Waals surface area contributed by atoms with Crippen molar-refractivity contribution in [2.75, 3.05) is 26.7 Å². The number of hydrogen-bond donors (Lipinski definition) is 2. The van der Waals surface area contributed by atoms with E-state index < -0.39 is 0 Å². The Morgan fingerprint density at radius 1 is 1.22 bits per heavy atom. The van der Waals surface area contributed by atoms with Gasteiger partial charge < -0.3 is 16.4 Å². The van der Waals surface area contributed by atoms with Crippen molar-refractivity contribution < 1.29 is 4.79 Å². The second-order valence-corrected chi connectivity index (χ2v) is 5.16. The van der Waals surface area contributed by atoms with Crippen LogP contribution in [0.1, 0.15) is 38.5 Å². The first-order valence-corrected chi connectivity index (χ1v) is 6.86. The van der Waals surface area contributed by atoms with E-state index in [4.69, 9.17) is 11.5 Å². The first-order chi connectivity index (χ1) is 8.59. The van der Waals surface area contributed by atoms with Gasteiger partial charge in [-0.1, -0.05) is 6.42 Å². The maximum absolute atomic E-state index is 12.0. The van der Waals surface area contributed by atoms with Crippen LogP contribution in [-0.4, -0.2) is 43.3 Å². The molecule has 4 N–H and O–H groups in total. The summed E-state index contributed by atoms with van der Waals surface area (Å²) < 4.78 is 0. The number of unbranched alkanes of at least 4 members (excludes halogenated alkanes) is 2. The van der Waals surface area contributed by atoms with Crippen LogP contribution in [0.4, 0.5) is 0 Å². The molecule has 5 nitrogen and oxygen atoms in total. The molecule has 0 aromatic rings. The maximum atomic E-state index is 12.0. The van der Waals surface area contributed by atoms with E-state index in [-0.39, 0.29) is 5.96 Å². The molecule has 1 aliphatic rings. The zero-order valence-corrected chi connectivity index (χ0v) is 11.4. The Morgan fingerprint density at radius 3 is 2.50 bits per heavy atom. The molecule has 1 aliphatic heterocycles. The maximum Gasteiger partial charge on any atom is 0.185 e. The number of hydrogen-bond acceptors (Lipinski definition) is 3. The van der Waals surface area contributed by atoms with Gasteiger partial charge in [0, 0.05) is 18.9 Å². The number of carbonyl (C=O) groups excluding carboxylic acids is 1. The molecule has 104 valence electrons. The van der Waals surface area contributed by atoms with Crippen LogP contribution < -0.4 is 11.5 Å². The molecule has 0 aromatic heterocycles. The van der Waals surface area contributed by atoms with E-state index >= 15 is 0 Å². The first-order valence-electron chi connectivity index (χ1n) is 6.86.